The van der Waals surface area contributed by atoms with E-state index in [0.29, 0.717) is 10.0 Å². The fourth-order valence-corrected chi connectivity index (χ4v) is 7.70. The number of benzene rings is 3. The SMILES string of the molecule is COc1cc(C(=O)O)ccc1NC(=O)C[C@@]1(C)C[C@H](c2cccc(Cl)c2)[C@@H](c2ccc(Cl)cc2)N(C(C[S-](=O)=NC(N)=O)C(C)C)C1=O. The van der Waals surface area contributed by atoms with Gasteiger partial charge in [-0.2, -0.15) is 10.6 Å². The number of carboxylic acids is 1. The van der Waals surface area contributed by atoms with E-state index in [0.717, 1.165) is 11.1 Å². The molecule has 0 bridgehead atoms. The number of halogens is 2. The molecule has 1 aliphatic rings. The number of likely N-dealkylation sites (tertiary alicyclic amines) is 1. The largest absolute Gasteiger partial charge is 0.495 e. The van der Waals surface area contributed by atoms with E-state index < -0.39 is 51.9 Å². The lowest BCUT2D eigenvalue weighted by molar-refractivity contribution is -0.157. The van der Waals surface area contributed by atoms with Crippen LogP contribution < -0.4 is 15.8 Å². The lowest BCUT2D eigenvalue weighted by atomic mass is 9.66. The van der Waals surface area contributed by atoms with Gasteiger partial charge >= 0.3 is 12.0 Å². The van der Waals surface area contributed by atoms with Crippen molar-refractivity contribution >= 4 is 63.3 Å². The van der Waals surface area contributed by atoms with E-state index in [-0.39, 0.29) is 47.4 Å². The third-order valence-electron chi connectivity index (χ3n) is 8.50. The van der Waals surface area contributed by atoms with Crippen LogP contribution in [0.5, 0.6) is 5.75 Å². The van der Waals surface area contributed by atoms with Crippen LogP contribution in [0, 0.1) is 11.3 Å². The van der Waals surface area contributed by atoms with E-state index in [2.05, 4.69) is 9.68 Å². The van der Waals surface area contributed by atoms with Gasteiger partial charge in [0.1, 0.15) is 5.75 Å². The summed E-state index contributed by atoms with van der Waals surface area (Å²) in [6.07, 6.45) is -0.0197. The predicted octanol–water partition coefficient (Wildman–Crippen LogP) is 7.04. The summed E-state index contributed by atoms with van der Waals surface area (Å²) >= 11 is 12.7. The van der Waals surface area contributed by atoms with E-state index in [1.165, 1.54) is 25.3 Å². The highest BCUT2D eigenvalue weighted by Crippen LogP contribution is 2.52. The second-order valence-corrected chi connectivity index (χ2v) is 14.3. The molecule has 256 valence electrons. The highest BCUT2D eigenvalue weighted by molar-refractivity contribution is 7.75. The van der Waals surface area contributed by atoms with Crippen LogP contribution in [-0.2, 0) is 24.4 Å². The molecule has 0 radical (unpaired) electrons. The minimum Gasteiger partial charge on any atom is -0.495 e. The van der Waals surface area contributed by atoms with Gasteiger partial charge in [-0.1, -0.05) is 74.0 Å². The van der Waals surface area contributed by atoms with Crippen LogP contribution in [0.2, 0.25) is 10.0 Å². The number of hydrogen-bond donors (Lipinski definition) is 3. The predicted molar refractivity (Wildman–Crippen MR) is 185 cm³/mol. The average molecular weight is 717 g/mol. The minimum absolute atomic E-state index is 0.0206. The first-order chi connectivity index (χ1) is 22.6. The number of nitrogens with two attached hydrogens (primary N) is 1. The molecule has 1 fully saturated rings. The zero-order valence-electron chi connectivity index (χ0n) is 26.8. The number of amides is 4. The zero-order chi connectivity index (χ0) is 35.3. The van der Waals surface area contributed by atoms with Crippen LogP contribution in [0.25, 0.3) is 0 Å². The Kier molecular flexibility index (Phi) is 11.8. The van der Waals surface area contributed by atoms with Gasteiger partial charge < -0.3 is 34.4 Å². The Bertz CT molecular complexity index is 1800. The van der Waals surface area contributed by atoms with E-state index in [1.807, 2.05) is 44.2 Å². The third kappa shape index (κ3) is 8.47. The quantitative estimate of drug-likeness (QED) is 0.179. The summed E-state index contributed by atoms with van der Waals surface area (Å²) in [5.41, 5.74) is 5.73. The maximum absolute atomic E-state index is 14.9. The molecule has 1 saturated heterocycles. The molecular weight excluding hydrogens is 679 g/mol. The number of rotatable bonds is 11. The molecule has 1 heterocycles. The van der Waals surface area contributed by atoms with E-state index >= 15 is 0 Å². The van der Waals surface area contributed by atoms with Crippen molar-refractivity contribution in [3.8, 4) is 5.75 Å². The molecule has 4 atom stereocenters. The highest BCUT2D eigenvalue weighted by Gasteiger charge is 2.52. The highest BCUT2D eigenvalue weighted by atomic mass is 35.5. The van der Waals surface area contributed by atoms with Gasteiger partial charge in [0.05, 0.1) is 29.8 Å². The summed E-state index contributed by atoms with van der Waals surface area (Å²) in [6, 6.07) is 16.1. The number of ether oxygens (including phenoxy) is 1. The molecule has 0 saturated carbocycles. The first-order valence-electron chi connectivity index (χ1n) is 15.1. The van der Waals surface area contributed by atoms with Crippen molar-refractivity contribution < 1.29 is 33.2 Å². The normalized spacial score (nSPS) is 20.7. The van der Waals surface area contributed by atoms with Crippen molar-refractivity contribution in [1.82, 2.24) is 4.90 Å². The summed E-state index contributed by atoms with van der Waals surface area (Å²) in [5.74, 6) is -2.71. The molecule has 4 amide bonds. The van der Waals surface area contributed by atoms with Crippen LogP contribution in [0.1, 0.15) is 67.1 Å². The van der Waals surface area contributed by atoms with Gasteiger partial charge in [-0.3, -0.25) is 9.59 Å². The standard InChI is InChI=1S/C34H37Cl2N4O7S/c1-19(2)27(18-48(46)39-33(37)45)40-30(20-8-11-23(35)12-9-20)25(21-6-5-7-24(36)14-21)16-34(3,32(40)44)17-29(41)38-26-13-10-22(31(42)43)15-28(26)47-4/h5-15,19,25,27,30H,16-18H2,1-4H3,(H2,37,45)(H,38,41)(H,42,43)/q-1/t25-,27?,30-,34-/m1/s1. The Labute approximate surface area is 290 Å². The average Bonchev–Trinajstić information content (AvgIpc) is 3.01. The Balaban J connectivity index is 1.85. The topological polar surface area (TPSA) is 168 Å². The molecule has 4 N–H and O–H groups in total. The molecule has 0 aromatic heterocycles. The van der Waals surface area contributed by atoms with Crippen molar-refractivity contribution in [1.29, 1.82) is 0 Å². The van der Waals surface area contributed by atoms with Gasteiger partial charge in [0.2, 0.25) is 11.8 Å². The molecule has 1 aliphatic heterocycles. The Morgan fingerprint density at radius 1 is 1.08 bits per heavy atom. The second kappa shape index (κ2) is 15.4. The molecule has 3 aromatic rings. The number of carbonyl (C=O) groups excluding carboxylic acids is 3. The van der Waals surface area contributed by atoms with Gasteiger partial charge in [0, 0.05) is 28.4 Å². The number of anilines is 1. The number of primary amides is 1. The Morgan fingerprint density at radius 2 is 1.77 bits per heavy atom. The number of piperidine rings is 1. The Hall–Kier alpha value is -4.13. The maximum Gasteiger partial charge on any atom is 0.335 e. The summed E-state index contributed by atoms with van der Waals surface area (Å²) in [7, 11) is -0.689. The van der Waals surface area contributed by atoms with Crippen molar-refractivity contribution in [2.24, 2.45) is 21.4 Å². The van der Waals surface area contributed by atoms with Crippen molar-refractivity contribution in [2.45, 2.75) is 51.6 Å². The summed E-state index contributed by atoms with van der Waals surface area (Å²) in [4.78, 5) is 53.3. The minimum atomic E-state index is -2.04. The first-order valence-corrected chi connectivity index (χ1v) is 17.1. The number of nitrogens with zero attached hydrogens (tertiary/aromatic N) is 2. The molecule has 3 aromatic carbocycles. The van der Waals surface area contributed by atoms with E-state index in [1.54, 1.807) is 30.0 Å². The monoisotopic (exact) mass is 715 g/mol. The fourth-order valence-electron chi connectivity index (χ4n) is 6.27. The van der Waals surface area contributed by atoms with Gasteiger partial charge in [0.25, 0.3) is 0 Å². The second-order valence-electron chi connectivity index (χ2n) is 12.3. The van der Waals surface area contributed by atoms with Crippen molar-refractivity contribution in [3.05, 3.63) is 93.5 Å². The van der Waals surface area contributed by atoms with Gasteiger partial charge in [-0.15, -0.1) is 0 Å². The molecule has 48 heavy (non-hydrogen) atoms. The number of carbonyl (C=O) groups is 4. The summed E-state index contributed by atoms with van der Waals surface area (Å²) < 4.78 is 21.9. The molecule has 0 spiro atoms. The number of hydrogen-bond acceptors (Lipinski definition) is 7. The molecule has 4 rings (SSSR count). The number of aromatic carboxylic acids is 1. The van der Waals surface area contributed by atoms with Gasteiger partial charge in [0.15, 0.2) is 0 Å². The molecule has 1 unspecified atom stereocenters. The van der Waals surface area contributed by atoms with Crippen molar-refractivity contribution in [3.63, 3.8) is 0 Å². The van der Waals surface area contributed by atoms with Crippen LogP contribution >= 0.6 is 23.2 Å². The summed E-state index contributed by atoms with van der Waals surface area (Å²) in [6.45, 7) is 5.46. The van der Waals surface area contributed by atoms with Crippen LogP contribution in [0.15, 0.2) is 71.1 Å². The molecule has 11 nitrogen and oxygen atoms in total. The van der Waals surface area contributed by atoms with Gasteiger partial charge in [-0.25, -0.2) is 9.59 Å². The Morgan fingerprint density at radius 3 is 2.35 bits per heavy atom. The maximum atomic E-state index is 14.9. The van der Waals surface area contributed by atoms with Crippen LogP contribution in [0.3, 0.4) is 0 Å². The van der Waals surface area contributed by atoms with Crippen LogP contribution in [-0.4, -0.2) is 52.7 Å². The summed E-state index contributed by atoms with van der Waals surface area (Å²) in [5, 5.41) is 13.1. The fraction of sp³-hybridized carbons (Fsp3) is 0.353. The first kappa shape index (κ1) is 36.7. The lowest BCUT2D eigenvalue weighted by Crippen LogP contribution is -2.58. The smallest absolute Gasteiger partial charge is 0.335 e. The zero-order valence-corrected chi connectivity index (χ0v) is 29.1. The van der Waals surface area contributed by atoms with Crippen molar-refractivity contribution in [2.75, 3.05) is 18.2 Å². The lowest BCUT2D eigenvalue weighted by Gasteiger charge is -2.53. The van der Waals surface area contributed by atoms with Crippen LogP contribution in [0.4, 0.5) is 10.5 Å². The number of urea groups is 1. The van der Waals surface area contributed by atoms with E-state index in [9.17, 15) is 28.5 Å². The number of methoxy groups -OCH3 is 1. The number of nitrogens with one attached hydrogen (secondary N) is 1. The molecule has 0 aliphatic carbocycles. The molecular formula is C34H37Cl2N4O7S-. The van der Waals surface area contributed by atoms with E-state index in [4.69, 9.17) is 33.7 Å². The molecule has 14 heteroatoms. The van der Waals surface area contributed by atoms with Gasteiger partial charge in [-0.05, 0) is 65.9 Å². The number of carboxylic acid groups (broad SMARTS) is 1. The third-order valence-corrected chi connectivity index (χ3v) is 9.99.